The molecule has 110 valence electrons. The maximum atomic E-state index is 7.84. The van der Waals surface area contributed by atoms with Crippen LogP contribution in [0, 0.1) is 19.3 Å². The third-order valence-electron chi connectivity index (χ3n) is 3.85. The lowest BCUT2D eigenvalue weighted by Gasteiger charge is -2.18. The van der Waals surface area contributed by atoms with Crippen molar-refractivity contribution < 1.29 is 0 Å². The average Bonchev–Trinajstić information content (AvgIpc) is 2.45. The Hall–Kier alpha value is -2.29. The van der Waals surface area contributed by atoms with E-state index in [4.69, 9.17) is 16.9 Å². The summed E-state index contributed by atoms with van der Waals surface area (Å²) in [5.74, 6) is 0. The highest BCUT2D eigenvalue weighted by atomic mass is 14.6. The van der Waals surface area contributed by atoms with Crippen molar-refractivity contribution in [1.29, 1.82) is 5.41 Å². The van der Waals surface area contributed by atoms with Crippen LogP contribution in [0.4, 0.5) is 11.4 Å². The number of hydrogen-bond acceptors (Lipinski definition) is 3. The molecule has 3 rings (SSSR count). The van der Waals surface area contributed by atoms with Crippen LogP contribution in [0.25, 0.3) is 0 Å². The SMILES string of the molecule is Cc1cc2c(cc1C)C(=N)CCC2.Nc1ccc(N)cc1. The van der Waals surface area contributed by atoms with E-state index in [0.29, 0.717) is 0 Å². The topological polar surface area (TPSA) is 75.9 Å². The van der Waals surface area contributed by atoms with Gasteiger partial charge in [0, 0.05) is 17.1 Å². The van der Waals surface area contributed by atoms with Gasteiger partial charge in [-0.15, -0.1) is 0 Å². The Morgan fingerprint density at radius 3 is 1.95 bits per heavy atom. The van der Waals surface area contributed by atoms with Gasteiger partial charge in [-0.2, -0.15) is 0 Å². The quantitative estimate of drug-likeness (QED) is 0.641. The predicted octanol–water partition coefficient (Wildman–Crippen LogP) is 3.86. The maximum Gasteiger partial charge on any atom is 0.0389 e. The van der Waals surface area contributed by atoms with E-state index in [0.717, 1.165) is 36.3 Å². The van der Waals surface area contributed by atoms with Crippen LogP contribution in [-0.4, -0.2) is 5.71 Å². The fourth-order valence-corrected chi connectivity index (χ4v) is 2.45. The highest BCUT2D eigenvalue weighted by Gasteiger charge is 2.14. The summed E-state index contributed by atoms with van der Waals surface area (Å²) in [5, 5.41) is 7.84. The molecule has 1 aliphatic carbocycles. The summed E-state index contributed by atoms with van der Waals surface area (Å²) in [5.41, 5.74) is 18.3. The zero-order valence-electron chi connectivity index (χ0n) is 12.7. The van der Waals surface area contributed by atoms with Crippen molar-refractivity contribution in [2.24, 2.45) is 0 Å². The second kappa shape index (κ2) is 6.44. The molecule has 3 nitrogen and oxygen atoms in total. The number of hydrogen-bond donors (Lipinski definition) is 3. The van der Waals surface area contributed by atoms with Crippen LogP contribution in [0.3, 0.4) is 0 Å². The number of aryl methyl sites for hydroxylation is 3. The first-order valence-electron chi connectivity index (χ1n) is 7.26. The summed E-state index contributed by atoms with van der Waals surface area (Å²) in [6, 6.07) is 11.5. The van der Waals surface area contributed by atoms with Crippen LogP contribution >= 0.6 is 0 Å². The van der Waals surface area contributed by atoms with E-state index in [9.17, 15) is 0 Å². The summed E-state index contributed by atoms with van der Waals surface area (Å²) >= 11 is 0. The molecule has 0 radical (unpaired) electrons. The number of rotatable bonds is 0. The molecule has 21 heavy (non-hydrogen) atoms. The minimum Gasteiger partial charge on any atom is -0.399 e. The van der Waals surface area contributed by atoms with Crippen LogP contribution in [0.2, 0.25) is 0 Å². The van der Waals surface area contributed by atoms with Crippen LogP contribution < -0.4 is 11.5 Å². The van der Waals surface area contributed by atoms with Crippen molar-refractivity contribution >= 4 is 17.1 Å². The van der Waals surface area contributed by atoms with Gasteiger partial charge >= 0.3 is 0 Å². The number of benzene rings is 2. The fraction of sp³-hybridized carbons (Fsp3) is 0.278. The zero-order chi connectivity index (χ0) is 15.4. The molecule has 0 saturated heterocycles. The first kappa shape index (κ1) is 15.1. The summed E-state index contributed by atoms with van der Waals surface area (Å²) in [7, 11) is 0. The van der Waals surface area contributed by atoms with Gasteiger partial charge in [-0.1, -0.05) is 6.07 Å². The van der Waals surface area contributed by atoms with E-state index in [-0.39, 0.29) is 0 Å². The van der Waals surface area contributed by atoms with Crippen molar-refractivity contribution in [2.45, 2.75) is 33.1 Å². The summed E-state index contributed by atoms with van der Waals surface area (Å²) < 4.78 is 0. The molecule has 0 spiro atoms. The van der Waals surface area contributed by atoms with Crippen molar-refractivity contribution in [3.8, 4) is 0 Å². The lowest BCUT2D eigenvalue weighted by molar-refractivity contribution is 0.833. The molecule has 0 saturated carbocycles. The van der Waals surface area contributed by atoms with Gasteiger partial charge in [0.05, 0.1) is 0 Å². The van der Waals surface area contributed by atoms with E-state index in [1.807, 2.05) is 0 Å². The van der Waals surface area contributed by atoms with Gasteiger partial charge in [-0.05, 0) is 85.7 Å². The molecule has 2 aromatic rings. The molecular formula is C18H23N3. The van der Waals surface area contributed by atoms with Gasteiger partial charge in [0.1, 0.15) is 0 Å². The van der Waals surface area contributed by atoms with E-state index in [1.165, 1.54) is 22.3 Å². The highest BCUT2D eigenvalue weighted by Crippen LogP contribution is 2.24. The molecule has 0 aromatic heterocycles. The molecule has 1 aliphatic rings. The standard InChI is InChI=1S/C12H15N.C6H8N2/c1-8-6-10-4-3-5-12(13)11(10)7-9(8)2;7-5-1-2-6(8)4-3-5/h6-7,13H,3-5H2,1-2H3;1-4H,7-8H2. The Morgan fingerprint density at radius 2 is 1.38 bits per heavy atom. The van der Waals surface area contributed by atoms with Crippen molar-refractivity contribution in [1.82, 2.24) is 0 Å². The third-order valence-corrected chi connectivity index (χ3v) is 3.85. The number of nitrogen functional groups attached to an aromatic ring is 2. The monoisotopic (exact) mass is 281 g/mol. The Balaban J connectivity index is 0.000000173. The molecule has 3 heteroatoms. The molecule has 0 bridgehead atoms. The van der Waals surface area contributed by atoms with Gasteiger partial charge in [0.2, 0.25) is 0 Å². The van der Waals surface area contributed by atoms with Gasteiger partial charge in [0.25, 0.3) is 0 Å². The van der Waals surface area contributed by atoms with E-state index in [2.05, 4.69) is 26.0 Å². The second-order valence-corrected chi connectivity index (χ2v) is 5.59. The lowest BCUT2D eigenvalue weighted by Crippen LogP contribution is -2.11. The Morgan fingerprint density at radius 1 is 0.857 bits per heavy atom. The minimum absolute atomic E-state index is 0.749. The lowest BCUT2D eigenvalue weighted by atomic mass is 9.87. The highest BCUT2D eigenvalue weighted by molar-refractivity contribution is 6.00. The minimum atomic E-state index is 0.749. The normalized spacial score (nSPS) is 13.1. The van der Waals surface area contributed by atoms with Crippen LogP contribution in [0.1, 0.15) is 35.1 Å². The van der Waals surface area contributed by atoms with Gasteiger partial charge < -0.3 is 16.9 Å². The van der Waals surface area contributed by atoms with Gasteiger partial charge in [-0.25, -0.2) is 0 Å². The van der Waals surface area contributed by atoms with Crippen molar-refractivity contribution in [2.75, 3.05) is 11.5 Å². The van der Waals surface area contributed by atoms with Crippen LogP contribution in [0.5, 0.6) is 0 Å². The molecule has 0 amide bonds. The Kier molecular flexibility index (Phi) is 4.63. The number of anilines is 2. The Bertz CT molecular complexity index is 621. The summed E-state index contributed by atoms with van der Waals surface area (Å²) in [4.78, 5) is 0. The van der Waals surface area contributed by atoms with Crippen LogP contribution in [-0.2, 0) is 6.42 Å². The molecule has 2 aromatic carbocycles. The molecule has 5 N–H and O–H groups in total. The van der Waals surface area contributed by atoms with E-state index in [1.54, 1.807) is 24.3 Å². The summed E-state index contributed by atoms with van der Waals surface area (Å²) in [6.07, 6.45) is 3.25. The van der Waals surface area contributed by atoms with Gasteiger partial charge in [-0.3, -0.25) is 0 Å². The molecule has 0 heterocycles. The predicted molar refractivity (Wildman–Crippen MR) is 90.9 cm³/mol. The van der Waals surface area contributed by atoms with Crippen molar-refractivity contribution in [3.05, 3.63) is 58.7 Å². The molecule has 0 aliphatic heterocycles. The molecule has 0 fully saturated rings. The number of fused-ring (bicyclic) bond motifs is 1. The molecule has 0 unspecified atom stereocenters. The second-order valence-electron chi connectivity index (χ2n) is 5.59. The summed E-state index contributed by atoms with van der Waals surface area (Å²) in [6.45, 7) is 4.27. The average molecular weight is 281 g/mol. The first-order chi connectivity index (χ1) is 9.97. The maximum absolute atomic E-state index is 7.84. The van der Waals surface area contributed by atoms with Crippen molar-refractivity contribution in [3.63, 3.8) is 0 Å². The van der Waals surface area contributed by atoms with Gasteiger partial charge in [0.15, 0.2) is 0 Å². The molecular weight excluding hydrogens is 258 g/mol. The van der Waals surface area contributed by atoms with E-state index >= 15 is 0 Å². The third kappa shape index (κ3) is 3.85. The zero-order valence-corrected chi connectivity index (χ0v) is 12.7. The largest absolute Gasteiger partial charge is 0.399 e. The smallest absolute Gasteiger partial charge is 0.0389 e. The molecule has 0 atom stereocenters. The Labute approximate surface area is 126 Å². The first-order valence-corrected chi connectivity index (χ1v) is 7.26. The fourth-order valence-electron chi connectivity index (χ4n) is 2.45. The van der Waals surface area contributed by atoms with Crippen LogP contribution in [0.15, 0.2) is 36.4 Å². The number of nitrogens with one attached hydrogen (secondary N) is 1. The number of nitrogens with two attached hydrogens (primary N) is 2. The van der Waals surface area contributed by atoms with E-state index < -0.39 is 0 Å².